The van der Waals surface area contributed by atoms with Gasteiger partial charge in [-0.15, -0.1) is 0 Å². The van der Waals surface area contributed by atoms with Gasteiger partial charge in [-0.1, -0.05) is 0 Å². The van der Waals surface area contributed by atoms with E-state index in [2.05, 4.69) is 0 Å². The van der Waals surface area contributed by atoms with E-state index in [1.807, 2.05) is 19.0 Å². The summed E-state index contributed by atoms with van der Waals surface area (Å²) in [7, 11) is 1.51. The van der Waals surface area contributed by atoms with Gasteiger partial charge in [0, 0.05) is 20.1 Å². The maximum atomic E-state index is 12.9. The number of likely N-dealkylation sites (N-methyl/N-ethyl adjacent to an activating group) is 2. The van der Waals surface area contributed by atoms with Crippen molar-refractivity contribution < 1.29 is 12.8 Å². The normalized spacial score (nSPS) is 12.3. The van der Waals surface area contributed by atoms with Gasteiger partial charge in [0.2, 0.25) is 10.0 Å². The van der Waals surface area contributed by atoms with E-state index < -0.39 is 15.8 Å². The Labute approximate surface area is 107 Å². The minimum absolute atomic E-state index is 0.0647. The van der Waals surface area contributed by atoms with Crippen LogP contribution in [0.3, 0.4) is 0 Å². The molecule has 0 aliphatic heterocycles. The average molecular weight is 275 g/mol. The minimum Gasteiger partial charge on any atom is -0.398 e. The summed E-state index contributed by atoms with van der Waals surface area (Å²) in [4.78, 5) is 1.81. The molecule has 0 amide bonds. The average Bonchev–Trinajstić information content (AvgIpc) is 2.24. The maximum Gasteiger partial charge on any atom is 0.244 e. The highest BCUT2D eigenvalue weighted by molar-refractivity contribution is 7.89. The topological polar surface area (TPSA) is 66.6 Å². The lowest BCUT2D eigenvalue weighted by molar-refractivity contribution is 0.358. The Bertz CT molecular complexity index is 517. The molecule has 0 aliphatic rings. The smallest absolute Gasteiger partial charge is 0.244 e. The molecule has 7 heteroatoms. The second-order valence-corrected chi connectivity index (χ2v) is 6.33. The van der Waals surface area contributed by atoms with Crippen LogP contribution in [-0.4, -0.2) is 51.9 Å². The quantitative estimate of drug-likeness (QED) is 0.799. The third kappa shape index (κ3) is 3.41. The van der Waals surface area contributed by atoms with Crippen LogP contribution >= 0.6 is 0 Å². The molecule has 0 saturated heterocycles. The van der Waals surface area contributed by atoms with Gasteiger partial charge in [-0.3, -0.25) is 0 Å². The number of anilines is 1. The summed E-state index contributed by atoms with van der Waals surface area (Å²) in [5, 5.41) is 0. The standard InChI is InChI=1S/C11H18FN3O2S/c1-14(2)6-7-15(3)18(16,17)11-5-4-9(12)8-10(11)13/h4-5,8H,6-7,13H2,1-3H3. The lowest BCUT2D eigenvalue weighted by atomic mass is 10.3. The van der Waals surface area contributed by atoms with Crippen molar-refractivity contribution in [3.8, 4) is 0 Å². The van der Waals surface area contributed by atoms with E-state index in [4.69, 9.17) is 5.73 Å². The van der Waals surface area contributed by atoms with Crippen molar-refractivity contribution in [1.29, 1.82) is 0 Å². The van der Waals surface area contributed by atoms with Crippen LogP contribution < -0.4 is 5.73 Å². The van der Waals surface area contributed by atoms with Crippen molar-refractivity contribution in [1.82, 2.24) is 9.21 Å². The Kier molecular flexibility index (Phi) is 4.66. The molecule has 1 aromatic carbocycles. The van der Waals surface area contributed by atoms with Crippen LogP contribution in [0, 0.1) is 5.82 Å². The summed E-state index contributed by atoms with van der Waals surface area (Å²) in [5.74, 6) is -0.553. The van der Waals surface area contributed by atoms with Gasteiger partial charge in [-0.05, 0) is 32.3 Å². The molecule has 1 rings (SSSR count). The summed E-state index contributed by atoms with van der Waals surface area (Å²) in [6, 6.07) is 3.28. The third-order valence-electron chi connectivity index (χ3n) is 2.52. The molecule has 18 heavy (non-hydrogen) atoms. The molecule has 102 valence electrons. The molecule has 0 heterocycles. The SMILES string of the molecule is CN(C)CCN(C)S(=O)(=O)c1ccc(F)cc1N. The molecule has 0 saturated carbocycles. The van der Waals surface area contributed by atoms with Crippen molar-refractivity contribution in [2.24, 2.45) is 0 Å². The zero-order chi connectivity index (χ0) is 13.9. The number of rotatable bonds is 5. The zero-order valence-corrected chi connectivity index (χ0v) is 11.5. The Hall–Kier alpha value is -1.18. The largest absolute Gasteiger partial charge is 0.398 e. The van der Waals surface area contributed by atoms with E-state index in [1.165, 1.54) is 17.4 Å². The third-order valence-corrected chi connectivity index (χ3v) is 4.45. The molecule has 0 spiro atoms. The first-order valence-corrected chi connectivity index (χ1v) is 6.85. The number of nitrogen functional groups attached to an aromatic ring is 1. The van der Waals surface area contributed by atoms with E-state index in [0.717, 1.165) is 12.1 Å². The second kappa shape index (κ2) is 5.64. The number of sulfonamides is 1. The fourth-order valence-corrected chi connectivity index (χ4v) is 2.64. The van der Waals surface area contributed by atoms with Gasteiger partial charge < -0.3 is 10.6 Å². The molecular weight excluding hydrogens is 257 g/mol. The molecule has 5 nitrogen and oxygen atoms in total. The monoisotopic (exact) mass is 275 g/mol. The van der Waals surface area contributed by atoms with Crippen LogP contribution in [0.5, 0.6) is 0 Å². The summed E-state index contributed by atoms with van der Waals surface area (Å²) < 4.78 is 38.5. The number of halogens is 1. The van der Waals surface area contributed by atoms with Crippen LogP contribution in [0.2, 0.25) is 0 Å². The number of hydrogen-bond donors (Lipinski definition) is 1. The van der Waals surface area contributed by atoms with Crippen molar-refractivity contribution in [2.75, 3.05) is 40.0 Å². The lowest BCUT2D eigenvalue weighted by Gasteiger charge is -2.20. The Morgan fingerprint density at radius 1 is 1.22 bits per heavy atom. The van der Waals surface area contributed by atoms with Gasteiger partial charge in [-0.25, -0.2) is 12.8 Å². The van der Waals surface area contributed by atoms with Crippen LogP contribution in [0.4, 0.5) is 10.1 Å². The number of nitrogens with two attached hydrogens (primary N) is 1. The van der Waals surface area contributed by atoms with Gasteiger partial charge in [-0.2, -0.15) is 4.31 Å². The molecule has 0 unspecified atom stereocenters. The summed E-state index contributed by atoms with van der Waals surface area (Å²) in [6.45, 7) is 0.934. The number of hydrogen-bond acceptors (Lipinski definition) is 4. The van der Waals surface area contributed by atoms with E-state index in [0.29, 0.717) is 13.1 Å². The van der Waals surface area contributed by atoms with Crippen molar-refractivity contribution in [3.63, 3.8) is 0 Å². The zero-order valence-electron chi connectivity index (χ0n) is 10.7. The van der Waals surface area contributed by atoms with Crippen LogP contribution in [-0.2, 0) is 10.0 Å². The summed E-state index contributed by atoms with van der Waals surface area (Å²) in [5.41, 5.74) is 5.47. The molecule has 0 bridgehead atoms. The lowest BCUT2D eigenvalue weighted by Crippen LogP contribution is -2.33. The molecule has 0 aliphatic carbocycles. The van der Waals surface area contributed by atoms with Gasteiger partial charge >= 0.3 is 0 Å². The first kappa shape index (κ1) is 14.9. The van der Waals surface area contributed by atoms with E-state index in [1.54, 1.807) is 0 Å². The highest BCUT2D eigenvalue weighted by atomic mass is 32.2. The predicted octanol–water partition coefficient (Wildman–Crippen LogP) is 0.590. The molecular formula is C11H18FN3O2S. The first-order valence-electron chi connectivity index (χ1n) is 5.41. The van der Waals surface area contributed by atoms with Gasteiger partial charge in [0.05, 0.1) is 5.69 Å². The Morgan fingerprint density at radius 2 is 1.83 bits per heavy atom. The van der Waals surface area contributed by atoms with Gasteiger partial charge in [0.25, 0.3) is 0 Å². The Balaban J connectivity index is 2.98. The minimum atomic E-state index is -3.67. The number of benzene rings is 1. The highest BCUT2D eigenvalue weighted by Gasteiger charge is 2.23. The molecule has 1 aromatic rings. The molecule has 2 N–H and O–H groups in total. The maximum absolute atomic E-state index is 12.9. The second-order valence-electron chi connectivity index (χ2n) is 4.31. The van der Waals surface area contributed by atoms with E-state index >= 15 is 0 Å². The summed E-state index contributed by atoms with van der Waals surface area (Å²) >= 11 is 0. The van der Waals surface area contributed by atoms with Gasteiger partial charge in [0.1, 0.15) is 10.7 Å². The molecule has 0 fully saturated rings. The van der Waals surface area contributed by atoms with Crippen LogP contribution in [0.1, 0.15) is 0 Å². The molecule has 0 radical (unpaired) electrons. The fraction of sp³-hybridized carbons (Fsp3) is 0.455. The summed E-state index contributed by atoms with van der Waals surface area (Å²) in [6.07, 6.45) is 0. The van der Waals surface area contributed by atoms with E-state index in [9.17, 15) is 12.8 Å². The first-order chi connectivity index (χ1) is 8.25. The highest BCUT2D eigenvalue weighted by Crippen LogP contribution is 2.22. The van der Waals surface area contributed by atoms with Crippen molar-refractivity contribution in [3.05, 3.63) is 24.0 Å². The van der Waals surface area contributed by atoms with E-state index in [-0.39, 0.29) is 10.6 Å². The fourth-order valence-electron chi connectivity index (χ4n) is 1.38. The van der Waals surface area contributed by atoms with Crippen LogP contribution in [0.15, 0.2) is 23.1 Å². The van der Waals surface area contributed by atoms with Gasteiger partial charge in [0.15, 0.2) is 0 Å². The molecule has 0 atom stereocenters. The predicted molar refractivity (Wildman–Crippen MR) is 69.2 cm³/mol. The van der Waals surface area contributed by atoms with Crippen molar-refractivity contribution in [2.45, 2.75) is 4.90 Å². The van der Waals surface area contributed by atoms with Crippen molar-refractivity contribution >= 4 is 15.7 Å². The molecule has 0 aromatic heterocycles. The van der Waals surface area contributed by atoms with Crippen LogP contribution in [0.25, 0.3) is 0 Å². The number of nitrogens with zero attached hydrogens (tertiary/aromatic N) is 2. The Morgan fingerprint density at radius 3 is 2.33 bits per heavy atom.